The van der Waals surface area contributed by atoms with Crippen LogP contribution in [0.5, 0.6) is 0 Å². The predicted molar refractivity (Wildman–Crippen MR) is 122 cm³/mol. The Morgan fingerprint density at radius 1 is 1.16 bits per heavy atom. The lowest BCUT2D eigenvalue weighted by Crippen LogP contribution is -2.16. The summed E-state index contributed by atoms with van der Waals surface area (Å²) in [6.07, 6.45) is 2.37. The molecule has 7 nitrogen and oxygen atoms in total. The highest BCUT2D eigenvalue weighted by atomic mass is 35.5. The first-order valence-corrected chi connectivity index (χ1v) is 10.7. The fraction of sp³-hybridized carbons (Fsp3) is 0.292. The molecular weight excluding hydrogens is 432 g/mol. The van der Waals surface area contributed by atoms with E-state index in [1.807, 2.05) is 36.4 Å². The number of hydrogen-bond donors (Lipinski definition) is 2. The normalized spacial score (nSPS) is 12.7. The standard InChI is InChI=1S/C24H25ClN2O5/c1-15(23(28)29)6-5-7-17-10-12-18(13-11-17)22-21(14-31-27-22)26-24(30)32-16(2)19-8-3-4-9-20(19)25/h3-4,8-16H,5-7H2,1-2H3,(H,26,30)(H,28,29)/t15?,16-/m1/s1. The molecule has 8 heteroatoms. The van der Waals surface area contributed by atoms with Crippen LogP contribution in [0, 0.1) is 5.92 Å². The van der Waals surface area contributed by atoms with E-state index in [1.165, 1.54) is 6.26 Å². The Labute approximate surface area is 191 Å². The average Bonchev–Trinajstić information content (AvgIpc) is 3.22. The lowest BCUT2D eigenvalue weighted by Gasteiger charge is -2.15. The second-order valence-electron chi connectivity index (χ2n) is 7.60. The molecule has 0 saturated heterocycles. The molecular formula is C24H25ClN2O5. The van der Waals surface area contributed by atoms with E-state index >= 15 is 0 Å². The Kier molecular flexibility index (Phi) is 7.89. The van der Waals surface area contributed by atoms with Gasteiger partial charge in [-0.1, -0.05) is 66.1 Å². The summed E-state index contributed by atoms with van der Waals surface area (Å²) < 4.78 is 10.5. The minimum absolute atomic E-state index is 0.349. The van der Waals surface area contributed by atoms with Crippen LogP contribution in [0.25, 0.3) is 11.3 Å². The summed E-state index contributed by atoms with van der Waals surface area (Å²) in [6.45, 7) is 3.45. The van der Waals surface area contributed by atoms with Gasteiger partial charge < -0.3 is 14.4 Å². The number of carbonyl (C=O) groups excluding carboxylic acids is 1. The fourth-order valence-electron chi connectivity index (χ4n) is 3.27. The first kappa shape index (κ1) is 23.3. The minimum Gasteiger partial charge on any atom is -0.481 e. The van der Waals surface area contributed by atoms with Crippen molar-refractivity contribution in [3.8, 4) is 11.3 Å². The van der Waals surface area contributed by atoms with Crippen molar-refractivity contribution in [2.75, 3.05) is 5.32 Å². The number of rotatable bonds is 9. The zero-order valence-corrected chi connectivity index (χ0v) is 18.6. The van der Waals surface area contributed by atoms with Crippen LogP contribution in [0.1, 0.15) is 43.9 Å². The molecule has 0 radical (unpaired) electrons. The second kappa shape index (κ2) is 10.8. The SMILES string of the molecule is CC(CCCc1ccc(-c2nocc2NC(=O)O[C@H](C)c2ccccc2Cl)cc1)C(=O)O. The van der Waals surface area contributed by atoms with Crippen LogP contribution in [-0.2, 0) is 16.0 Å². The summed E-state index contributed by atoms with van der Waals surface area (Å²) in [5.74, 6) is -1.12. The molecule has 3 rings (SSSR count). The number of nitrogens with one attached hydrogen (secondary N) is 1. The molecule has 2 N–H and O–H groups in total. The molecule has 0 spiro atoms. The molecule has 2 aromatic carbocycles. The van der Waals surface area contributed by atoms with Crippen molar-refractivity contribution in [2.45, 2.75) is 39.2 Å². The summed E-state index contributed by atoms with van der Waals surface area (Å²) in [5, 5.41) is 16.2. The maximum Gasteiger partial charge on any atom is 0.412 e. The number of aromatic nitrogens is 1. The van der Waals surface area contributed by atoms with E-state index in [2.05, 4.69) is 10.5 Å². The Balaban J connectivity index is 1.59. The summed E-state index contributed by atoms with van der Waals surface area (Å²) in [6, 6.07) is 14.9. The van der Waals surface area contributed by atoms with Gasteiger partial charge in [0, 0.05) is 16.1 Å². The molecule has 0 fully saturated rings. The highest BCUT2D eigenvalue weighted by Gasteiger charge is 2.18. The monoisotopic (exact) mass is 456 g/mol. The van der Waals surface area contributed by atoms with Gasteiger partial charge in [-0.15, -0.1) is 0 Å². The van der Waals surface area contributed by atoms with Gasteiger partial charge in [0.25, 0.3) is 0 Å². The van der Waals surface area contributed by atoms with Gasteiger partial charge >= 0.3 is 12.1 Å². The van der Waals surface area contributed by atoms with Gasteiger partial charge in [-0.3, -0.25) is 10.1 Å². The van der Waals surface area contributed by atoms with E-state index in [9.17, 15) is 9.59 Å². The first-order valence-electron chi connectivity index (χ1n) is 10.3. The van der Waals surface area contributed by atoms with Gasteiger partial charge in [0.1, 0.15) is 23.7 Å². The maximum atomic E-state index is 12.4. The number of carbonyl (C=O) groups is 2. The van der Waals surface area contributed by atoms with E-state index in [0.29, 0.717) is 28.4 Å². The summed E-state index contributed by atoms with van der Waals surface area (Å²) in [4.78, 5) is 23.3. The second-order valence-corrected chi connectivity index (χ2v) is 8.01. The van der Waals surface area contributed by atoms with Crippen molar-refractivity contribution >= 4 is 29.4 Å². The topological polar surface area (TPSA) is 102 Å². The summed E-state index contributed by atoms with van der Waals surface area (Å²) >= 11 is 6.16. The number of amides is 1. The van der Waals surface area contributed by atoms with E-state index in [0.717, 1.165) is 24.0 Å². The van der Waals surface area contributed by atoms with Gasteiger partial charge in [-0.2, -0.15) is 0 Å². The van der Waals surface area contributed by atoms with Gasteiger partial charge in [0.15, 0.2) is 0 Å². The summed E-state index contributed by atoms with van der Waals surface area (Å²) in [7, 11) is 0. The maximum absolute atomic E-state index is 12.4. The van der Waals surface area contributed by atoms with E-state index < -0.39 is 18.2 Å². The number of carboxylic acids is 1. The van der Waals surface area contributed by atoms with Gasteiger partial charge in [-0.25, -0.2) is 4.79 Å². The van der Waals surface area contributed by atoms with Crippen LogP contribution >= 0.6 is 11.6 Å². The molecule has 0 aliphatic heterocycles. The number of ether oxygens (including phenoxy) is 1. The molecule has 2 atom stereocenters. The molecule has 0 aliphatic rings. The zero-order chi connectivity index (χ0) is 23.1. The molecule has 1 heterocycles. The third kappa shape index (κ3) is 6.11. The van der Waals surface area contributed by atoms with Crippen molar-refractivity contribution in [3.05, 3.63) is 70.9 Å². The molecule has 0 saturated carbocycles. The van der Waals surface area contributed by atoms with Crippen LogP contribution in [0.15, 0.2) is 59.3 Å². The molecule has 0 bridgehead atoms. The Hall–Kier alpha value is -3.32. The third-order valence-electron chi connectivity index (χ3n) is 5.18. The van der Waals surface area contributed by atoms with Crippen molar-refractivity contribution in [1.82, 2.24) is 5.16 Å². The van der Waals surface area contributed by atoms with Crippen LogP contribution in [0.2, 0.25) is 5.02 Å². The molecule has 1 amide bonds. The number of halogens is 1. The number of aryl methyl sites for hydroxylation is 1. The number of aliphatic carboxylic acids is 1. The highest BCUT2D eigenvalue weighted by Crippen LogP contribution is 2.29. The van der Waals surface area contributed by atoms with E-state index in [-0.39, 0.29) is 5.92 Å². The lowest BCUT2D eigenvalue weighted by molar-refractivity contribution is -0.141. The van der Waals surface area contributed by atoms with E-state index in [1.54, 1.807) is 26.0 Å². The number of nitrogens with zero attached hydrogens (tertiary/aromatic N) is 1. The quantitative estimate of drug-likeness (QED) is 0.389. The van der Waals surface area contributed by atoms with Crippen LogP contribution < -0.4 is 5.32 Å². The van der Waals surface area contributed by atoms with Gasteiger partial charge in [0.2, 0.25) is 0 Å². The van der Waals surface area contributed by atoms with Crippen LogP contribution in [-0.4, -0.2) is 22.3 Å². The van der Waals surface area contributed by atoms with Crippen molar-refractivity contribution in [3.63, 3.8) is 0 Å². The molecule has 168 valence electrons. The number of hydrogen-bond acceptors (Lipinski definition) is 5. The predicted octanol–water partition coefficient (Wildman–Crippen LogP) is 6.35. The van der Waals surface area contributed by atoms with Crippen LogP contribution in [0.3, 0.4) is 0 Å². The number of anilines is 1. The Morgan fingerprint density at radius 2 is 1.88 bits per heavy atom. The number of benzene rings is 2. The van der Waals surface area contributed by atoms with Gasteiger partial charge in [-0.05, 0) is 37.8 Å². The molecule has 1 unspecified atom stereocenters. The van der Waals surface area contributed by atoms with Crippen molar-refractivity contribution in [2.24, 2.45) is 5.92 Å². The molecule has 1 aromatic heterocycles. The first-order chi connectivity index (χ1) is 15.3. The fourth-order valence-corrected chi connectivity index (χ4v) is 3.56. The number of carboxylic acid groups (broad SMARTS) is 1. The largest absolute Gasteiger partial charge is 0.481 e. The summed E-state index contributed by atoms with van der Waals surface area (Å²) in [5.41, 5.74) is 3.46. The molecule has 3 aromatic rings. The smallest absolute Gasteiger partial charge is 0.412 e. The van der Waals surface area contributed by atoms with Crippen molar-refractivity contribution in [1.29, 1.82) is 0 Å². The van der Waals surface area contributed by atoms with Crippen LogP contribution in [0.4, 0.5) is 10.5 Å². The minimum atomic E-state index is -0.772. The molecule has 32 heavy (non-hydrogen) atoms. The van der Waals surface area contributed by atoms with E-state index in [4.69, 9.17) is 26.0 Å². The lowest BCUT2D eigenvalue weighted by atomic mass is 10.00. The Bertz CT molecular complexity index is 1060. The van der Waals surface area contributed by atoms with Crippen molar-refractivity contribution < 1.29 is 24.0 Å². The van der Waals surface area contributed by atoms with Gasteiger partial charge in [0.05, 0.1) is 5.92 Å². The Morgan fingerprint density at radius 3 is 2.56 bits per heavy atom. The molecule has 0 aliphatic carbocycles. The highest BCUT2D eigenvalue weighted by molar-refractivity contribution is 6.31. The average molecular weight is 457 g/mol. The zero-order valence-electron chi connectivity index (χ0n) is 17.9. The third-order valence-corrected chi connectivity index (χ3v) is 5.53.